The molecule has 0 radical (unpaired) electrons. The third kappa shape index (κ3) is 3.57. The van der Waals surface area contributed by atoms with Crippen molar-refractivity contribution in [1.29, 1.82) is 0 Å². The van der Waals surface area contributed by atoms with E-state index >= 15 is 0 Å². The van der Waals surface area contributed by atoms with Gasteiger partial charge in [0.05, 0.1) is 5.52 Å². The second-order valence-electron chi connectivity index (χ2n) is 5.95. The first kappa shape index (κ1) is 15.0. The number of hydrogen-bond donors (Lipinski definition) is 1. The molecule has 0 bridgehead atoms. The molecule has 1 unspecified atom stereocenters. The molecule has 2 rings (SSSR count). The van der Waals surface area contributed by atoms with Gasteiger partial charge in [-0.05, 0) is 49.9 Å². The van der Waals surface area contributed by atoms with Crippen molar-refractivity contribution in [3.63, 3.8) is 0 Å². The van der Waals surface area contributed by atoms with Crippen molar-refractivity contribution in [2.45, 2.75) is 46.6 Å². The smallest absolute Gasteiger partial charge is 0.0708 e. The second kappa shape index (κ2) is 6.85. The van der Waals surface area contributed by atoms with Crippen molar-refractivity contribution in [2.75, 3.05) is 6.54 Å². The first-order valence-electron chi connectivity index (χ1n) is 7.71. The fraction of sp³-hybridized carbons (Fsp3) is 0.500. The molecule has 0 spiro atoms. The van der Waals surface area contributed by atoms with Gasteiger partial charge in [0.25, 0.3) is 0 Å². The quantitative estimate of drug-likeness (QED) is 0.827. The Bertz CT molecular complexity index is 560. The van der Waals surface area contributed by atoms with E-state index in [2.05, 4.69) is 68.3 Å². The van der Waals surface area contributed by atoms with Crippen LogP contribution in [-0.2, 0) is 0 Å². The molecule has 0 aliphatic heterocycles. The van der Waals surface area contributed by atoms with Crippen molar-refractivity contribution in [1.82, 2.24) is 10.3 Å². The lowest BCUT2D eigenvalue weighted by molar-refractivity contribution is 0.450. The third-order valence-electron chi connectivity index (χ3n) is 3.73. The van der Waals surface area contributed by atoms with Gasteiger partial charge in [0.2, 0.25) is 0 Å². The molecule has 20 heavy (non-hydrogen) atoms. The predicted molar refractivity (Wildman–Crippen MR) is 87.0 cm³/mol. The average molecular weight is 270 g/mol. The molecular formula is C18H26N2. The van der Waals surface area contributed by atoms with Gasteiger partial charge in [0.15, 0.2) is 0 Å². The number of rotatable bonds is 6. The molecule has 0 aliphatic rings. The number of nitrogens with zero attached hydrogens (tertiary/aromatic N) is 1. The highest BCUT2D eigenvalue weighted by Gasteiger charge is 2.15. The van der Waals surface area contributed by atoms with Crippen LogP contribution in [-0.4, -0.2) is 11.5 Å². The van der Waals surface area contributed by atoms with E-state index in [1.807, 2.05) is 0 Å². The van der Waals surface area contributed by atoms with Gasteiger partial charge < -0.3 is 5.32 Å². The normalized spacial score (nSPS) is 13.1. The molecule has 0 saturated carbocycles. The van der Waals surface area contributed by atoms with Crippen molar-refractivity contribution in [3.8, 4) is 0 Å². The standard InChI is InChI=1S/C18H26N2/c1-5-19-17(11-10-13(2)3)16-12-14(4)20-18-9-7-6-8-15(16)18/h6-9,12-13,17,19H,5,10-11H2,1-4H3. The van der Waals surface area contributed by atoms with E-state index in [1.54, 1.807) is 0 Å². The lowest BCUT2D eigenvalue weighted by Crippen LogP contribution is -2.22. The molecule has 1 N–H and O–H groups in total. The number of aryl methyl sites for hydroxylation is 1. The summed E-state index contributed by atoms with van der Waals surface area (Å²) in [4.78, 5) is 4.65. The van der Waals surface area contributed by atoms with Crippen LogP contribution in [0.25, 0.3) is 10.9 Å². The largest absolute Gasteiger partial charge is 0.310 e. The summed E-state index contributed by atoms with van der Waals surface area (Å²) in [7, 11) is 0. The number of benzene rings is 1. The Hall–Kier alpha value is -1.41. The molecule has 1 heterocycles. The number of para-hydroxylation sites is 1. The summed E-state index contributed by atoms with van der Waals surface area (Å²) in [6.45, 7) is 9.84. The summed E-state index contributed by atoms with van der Waals surface area (Å²) in [6, 6.07) is 11.1. The maximum absolute atomic E-state index is 4.65. The fourth-order valence-electron chi connectivity index (χ4n) is 2.74. The highest BCUT2D eigenvalue weighted by atomic mass is 14.9. The topological polar surface area (TPSA) is 24.9 Å². The Morgan fingerprint density at radius 2 is 1.90 bits per heavy atom. The molecular weight excluding hydrogens is 244 g/mol. The first-order valence-corrected chi connectivity index (χ1v) is 7.71. The van der Waals surface area contributed by atoms with E-state index in [-0.39, 0.29) is 0 Å². The number of fused-ring (bicyclic) bond motifs is 1. The van der Waals surface area contributed by atoms with Gasteiger partial charge >= 0.3 is 0 Å². The molecule has 1 aromatic heterocycles. The van der Waals surface area contributed by atoms with Gasteiger partial charge in [-0.15, -0.1) is 0 Å². The fourth-order valence-corrected chi connectivity index (χ4v) is 2.74. The van der Waals surface area contributed by atoms with Crippen molar-refractivity contribution < 1.29 is 0 Å². The van der Waals surface area contributed by atoms with E-state index in [0.717, 1.165) is 23.7 Å². The van der Waals surface area contributed by atoms with Crippen LogP contribution in [0.15, 0.2) is 30.3 Å². The lowest BCUT2D eigenvalue weighted by Gasteiger charge is -2.21. The highest BCUT2D eigenvalue weighted by molar-refractivity contribution is 5.82. The van der Waals surface area contributed by atoms with Crippen LogP contribution in [0.2, 0.25) is 0 Å². The van der Waals surface area contributed by atoms with E-state index in [9.17, 15) is 0 Å². The molecule has 108 valence electrons. The van der Waals surface area contributed by atoms with Gasteiger partial charge in [-0.25, -0.2) is 0 Å². The first-order chi connectivity index (χ1) is 9.61. The molecule has 0 fully saturated rings. The minimum absolute atomic E-state index is 0.425. The lowest BCUT2D eigenvalue weighted by atomic mass is 9.94. The second-order valence-corrected chi connectivity index (χ2v) is 5.95. The van der Waals surface area contributed by atoms with Crippen LogP contribution >= 0.6 is 0 Å². The monoisotopic (exact) mass is 270 g/mol. The Morgan fingerprint density at radius 1 is 1.15 bits per heavy atom. The summed E-state index contributed by atoms with van der Waals surface area (Å²) in [5.41, 5.74) is 3.61. The number of nitrogens with one attached hydrogen (secondary N) is 1. The minimum atomic E-state index is 0.425. The zero-order chi connectivity index (χ0) is 14.5. The Labute approximate surface area is 122 Å². The van der Waals surface area contributed by atoms with Crippen LogP contribution < -0.4 is 5.32 Å². The molecule has 0 amide bonds. The molecule has 1 atom stereocenters. The van der Waals surface area contributed by atoms with Crippen molar-refractivity contribution in [3.05, 3.63) is 41.6 Å². The van der Waals surface area contributed by atoms with Gasteiger partial charge in [-0.1, -0.05) is 39.0 Å². The molecule has 1 aromatic carbocycles. The summed E-state index contributed by atoms with van der Waals surface area (Å²) in [6.07, 6.45) is 2.42. The van der Waals surface area contributed by atoms with Gasteiger partial charge in [-0.3, -0.25) is 4.98 Å². The minimum Gasteiger partial charge on any atom is -0.310 e. The predicted octanol–water partition coefficient (Wildman–Crippen LogP) is 4.63. The average Bonchev–Trinajstić information content (AvgIpc) is 2.42. The number of hydrogen-bond acceptors (Lipinski definition) is 2. The maximum Gasteiger partial charge on any atom is 0.0708 e. The van der Waals surface area contributed by atoms with Crippen LogP contribution in [0.3, 0.4) is 0 Å². The highest BCUT2D eigenvalue weighted by Crippen LogP contribution is 2.28. The van der Waals surface area contributed by atoms with Crippen LogP contribution in [0, 0.1) is 12.8 Å². The summed E-state index contributed by atoms with van der Waals surface area (Å²) in [5.74, 6) is 0.741. The van der Waals surface area contributed by atoms with E-state index in [1.165, 1.54) is 23.8 Å². The molecule has 2 aromatic rings. The van der Waals surface area contributed by atoms with Gasteiger partial charge in [0, 0.05) is 17.1 Å². The van der Waals surface area contributed by atoms with Gasteiger partial charge in [-0.2, -0.15) is 0 Å². The number of pyridine rings is 1. The summed E-state index contributed by atoms with van der Waals surface area (Å²) in [5, 5.41) is 4.93. The Balaban J connectivity index is 2.40. The zero-order valence-corrected chi connectivity index (χ0v) is 13.1. The molecule has 0 saturated heterocycles. The van der Waals surface area contributed by atoms with E-state index < -0.39 is 0 Å². The zero-order valence-electron chi connectivity index (χ0n) is 13.1. The number of aromatic nitrogens is 1. The van der Waals surface area contributed by atoms with Gasteiger partial charge in [0.1, 0.15) is 0 Å². The van der Waals surface area contributed by atoms with E-state index in [4.69, 9.17) is 0 Å². The SMILES string of the molecule is CCNC(CCC(C)C)c1cc(C)nc2ccccc12. The van der Waals surface area contributed by atoms with Crippen molar-refractivity contribution in [2.24, 2.45) is 5.92 Å². The third-order valence-corrected chi connectivity index (χ3v) is 3.73. The Kier molecular flexibility index (Phi) is 5.13. The molecule has 2 nitrogen and oxygen atoms in total. The molecule has 0 aliphatic carbocycles. The van der Waals surface area contributed by atoms with Crippen molar-refractivity contribution >= 4 is 10.9 Å². The molecule has 2 heteroatoms. The maximum atomic E-state index is 4.65. The van der Waals surface area contributed by atoms with Crippen LogP contribution in [0.1, 0.15) is 50.9 Å². The van der Waals surface area contributed by atoms with Crippen LogP contribution in [0.4, 0.5) is 0 Å². The van der Waals surface area contributed by atoms with Crippen LogP contribution in [0.5, 0.6) is 0 Å². The Morgan fingerprint density at radius 3 is 2.60 bits per heavy atom. The van der Waals surface area contributed by atoms with E-state index in [0.29, 0.717) is 6.04 Å². The summed E-state index contributed by atoms with van der Waals surface area (Å²) >= 11 is 0. The summed E-state index contributed by atoms with van der Waals surface area (Å²) < 4.78 is 0.